The molecule has 0 unspecified atom stereocenters. The lowest BCUT2D eigenvalue weighted by atomic mass is 10.0. The van der Waals surface area contributed by atoms with Gasteiger partial charge in [-0.05, 0) is 19.3 Å². The Hall–Kier alpha value is -0.610. The Morgan fingerprint density at radius 2 is 2.30 bits per heavy atom. The van der Waals surface area contributed by atoms with E-state index in [9.17, 15) is 4.79 Å². The summed E-state index contributed by atoms with van der Waals surface area (Å²) in [5, 5.41) is 10.00. The van der Waals surface area contributed by atoms with E-state index in [4.69, 9.17) is 10.9 Å². The van der Waals surface area contributed by atoms with Crippen LogP contribution in [0.25, 0.3) is 0 Å². The second kappa shape index (κ2) is 2.98. The van der Waals surface area contributed by atoms with Crippen LogP contribution in [0.4, 0.5) is 0 Å². The molecule has 0 spiro atoms. The zero-order chi connectivity index (χ0) is 7.56. The fraction of sp³-hybridized carbons (Fsp3) is 0.833. The van der Waals surface area contributed by atoms with Gasteiger partial charge in [0.05, 0.1) is 0 Å². The van der Waals surface area contributed by atoms with Crippen LogP contribution >= 0.6 is 0 Å². The molecule has 0 aliphatic carbocycles. The van der Waals surface area contributed by atoms with Gasteiger partial charge in [0.15, 0.2) is 0 Å². The summed E-state index contributed by atoms with van der Waals surface area (Å²) in [5.41, 5.74) is 0. The molecule has 4 nitrogen and oxygen atoms in total. The molecule has 0 aromatic heterocycles. The van der Waals surface area contributed by atoms with Gasteiger partial charge in [0.2, 0.25) is 0 Å². The summed E-state index contributed by atoms with van der Waals surface area (Å²) in [7, 11) is 0. The first-order valence-corrected chi connectivity index (χ1v) is 3.46. The van der Waals surface area contributed by atoms with E-state index in [1.807, 2.05) is 0 Å². The van der Waals surface area contributed by atoms with Crippen molar-refractivity contribution in [3.8, 4) is 0 Å². The van der Waals surface area contributed by atoms with Crippen molar-refractivity contribution in [2.45, 2.75) is 25.3 Å². The Kier molecular flexibility index (Phi) is 2.24. The van der Waals surface area contributed by atoms with Gasteiger partial charge in [-0.25, -0.2) is 5.01 Å². The van der Waals surface area contributed by atoms with Crippen molar-refractivity contribution in [3.63, 3.8) is 0 Å². The SMILES string of the molecule is NN1CCCC[C@@H]1C(=O)O. The second-order valence-corrected chi connectivity index (χ2v) is 2.59. The normalized spacial score (nSPS) is 28.3. The minimum Gasteiger partial charge on any atom is -0.480 e. The van der Waals surface area contributed by atoms with Crippen LogP contribution in [-0.4, -0.2) is 28.7 Å². The first-order valence-electron chi connectivity index (χ1n) is 3.46. The molecule has 1 fully saturated rings. The average Bonchev–Trinajstić information content (AvgIpc) is 1.88. The van der Waals surface area contributed by atoms with Crippen LogP contribution in [0, 0.1) is 0 Å². The van der Waals surface area contributed by atoms with Gasteiger partial charge < -0.3 is 5.11 Å². The molecule has 0 aromatic rings. The first-order chi connectivity index (χ1) is 4.72. The van der Waals surface area contributed by atoms with Gasteiger partial charge in [-0.15, -0.1) is 0 Å². The molecule has 4 heteroatoms. The number of carboxylic acids is 1. The van der Waals surface area contributed by atoms with Gasteiger partial charge in [-0.1, -0.05) is 0 Å². The number of piperidine rings is 1. The minimum atomic E-state index is -0.804. The van der Waals surface area contributed by atoms with Crippen LogP contribution in [-0.2, 0) is 4.79 Å². The fourth-order valence-corrected chi connectivity index (χ4v) is 1.22. The molecule has 0 bridgehead atoms. The van der Waals surface area contributed by atoms with Crippen molar-refractivity contribution >= 4 is 5.97 Å². The summed E-state index contributed by atoms with van der Waals surface area (Å²) in [4.78, 5) is 10.4. The summed E-state index contributed by atoms with van der Waals surface area (Å²) in [5.74, 6) is 4.63. The number of hydrogen-bond acceptors (Lipinski definition) is 3. The van der Waals surface area contributed by atoms with Gasteiger partial charge in [-0.2, -0.15) is 0 Å². The van der Waals surface area contributed by atoms with Crippen molar-refractivity contribution in [2.75, 3.05) is 6.54 Å². The van der Waals surface area contributed by atoms with Crippen molar-refractivity contribution in [2.24, 2.45) is 5.84 Å². The maximum atomic E-state index is 10.4. The molecule has 58 valence electrons. The standard InChI is InChI=1S/C6H12N2O2/c7-8-4-2-1-3-5(8)6(9)10/h5H,1-4,7H2,(H,9,10)/t5-/m1/s1. The van der Waals surface area contributed by atoms with Gasteiger partial charge in [-0.3, -0.25) is 10.6 Å². The van der Waals surface area contributed by atoms with E-state index in [2.05, 4.69) is 0 Å². The monoisotopic (exact) mass is 144 g/mol. The Morgan fingerprint density at radius 1 is 1.60 bits per heavy atom. The van der Waals surface area contributed by atoms with Crippen LogP contribution in [0.3, 0.4) is 0 Å². The maximum Gasteiger partial charge on any atom is 0.322 e. The minimum absolute atomic E-state index is 0.450. The Labute approximate surface area is 59.6 Å². The average molecular weight is 144 g/mol. The molecular formula is C6H12N2O2. The Balaban J connectivity index is 2.47. The molecule has 1 atom stereocenters. The Morgan fingerprint density at radius 3 is 2.70 bits per heavy atom. The number of nitrogens with two attached hydrogens (primary N) is 1. The lowest BCUT2D eigenvalue weighted by Crippen LogP contribution is -2.48. The third-order valence-electron chi connectivity index (χ3n) is 1.83. The molecule has 0 aromatic carbocycles. The molecule has 3 N–H and O–H groups in total. The summed E-state index contributed by atoms with van der Waals surface area (Å²) in [6, 6.07) is -0.450. The molecule has 1 rings (SSSR count). The van der Waals surface area contributed by atoms with Crippen LogP contribution < -0.4 is 5.84 Å². The van der Waals surface area contributed by atoms with E-state index in [1.165, 1.54) is 5.01 Å². The highest BCUT2D eigenvalue weighted by Gasteiger charge is 2.25. The van der Waals surface area contributed by atoms with E-state index in [1.54, 1.807) is 0 Å². The van der Waals surface area contributed by atoms with E-state index in [-0.39, 0.29) is 0 Å². The molecule has 1 heterocycles. The van der Waals surface area contributed by atoms with Gasteiger partial charge in [0.25, 0.3) is 0 Å². The lowest BCUT2D eigenvalue weighted by Gasteiger charge is -2.28. The Bertz CT molecular complexity index is 138. The van der Waals surface area contributed by atoms with Crippen molar-refractivity contribution in [1.82, 2.24) is 5.01 Å². The predicted molar refractivity (Wildman–Crippen MR) is 36.2 cm³/mol. The first kappa shape index (κ1) is 7.50. The van der Waals surface area contributed by atoms with Crippen molar-refractivity contribution < 1.29 is 9.90 Å². The molecular weight excluding hydrogens is 132 g/mol. The third-order valence-corrected chi connectivity index (χ3v) is 1.83. The third kappa shape index (κ3) is 1.46. The lowest BCUT2D eigenvalue weighted by molar-refractivity contribution is -0.144. The molecule has 1 saturated heterocycles. The van der Waals surface area contributed by atoms with Crippen molar-refractivity contribution in [1.29, 1.82) is 0 Å². The van der Waals surface area contributed by atoms with Crippen molar-refractivity contribution in [3.05, 3.63) is 0 Å². The van der Waals surface area contributed by atoms with Gasteiger partial charge in [0.1, 0.15) is 6.04 Å². The van der Waals surface area contributed by atoms with Crippen LogP contribution in [0.5, 0.6) is 0 Å². The molecule has 0 radical (unpaired) electrons. The number of aliphatic carboxylic acids is 1. The topological polar surface area (TPSA) is 66.6 Å². The largest absolute Gasteiger partial charge is 0.480 e. The van der Waals surface area contributed by atoms with E-state index in [0.29, 0.717) is 13.0 Å². The van der Waals surface area contributed by atoms with E-state index < -0.39 is 12.0 Å². The maximum absolute atomic E-state index is 10.4. The summed E-state index contributed by atoms with van der Waals surface area (Å²) < 4.78 is 0. The molecule has 0 amide bonds. The number of hydrogen-bond donors (Lipinski definition) is 2. The number of carboxylic acid groups (broad SMARTS) is 1. The quantitative estimate of drug-likeness (QED) is 0.500. The highest BCUT2D eigenvalue weighted by atomic mass is 16.4. The molecule has 1 aliphatic rings. The molecule has 0 saturated carbocycles. The van der Waals surface area contributed by atoms with Crippen LogP contribution in [0.2, 0.25) is 0 Å². The number of rotatable bonds is 1. The summed E-state index contributed by atoms with van der Waals surface area (Å²) in [6.45, 7) is 0.705. The highest BCUT2D eigenvalue weighted by Crippen LogP contribution is 2.12. The number of nitrogens with zero attached hydrogens (tertiary/aromatic N) is 1. The fourth-order valence-electron chi connectivity index (χ4n) is 1.22. The van der Waals surface area contributed by atoms with Gasteiger partial charge >= 0.3 is 5.97 Å². The van der Waals surface area contributed by atoms with E-state index in [0.717, 1.165) is 12.8 Å². The smallest absolute Gasteiger partial charge is 0.322 e. The molecule has 10 heavy (non-hydrogen) atoms. The predicted octanol–water partition coefficient (Wildman–Crippen LogP) is -0.201. The zero-order valence-electron chi connectivity index (χ0n) is 5.79. The zero-order valence-corrected chi connectivity index (χ0v) is 5.79. The van der Waals surface area contributed by atoms with Crippen LogP contribution in [0.1, 0.15) is 19.3 Å². The second-order valence-electron chi connectivity index (χ2n) is 2.59. The summed E-state index contributed by atoms with van der Waals surface area (Å²) in [6.07, 6.45) is 2.68. The number of hydrazine groups is 1. The highest BCUT2D eigenvalue weighted by molar-refractivity contribution is 5.73. The molecule has 1 aliphatic heterocycles. The summed E-state index contributed by atoms with van der Waals surface area (Å²) >= 11 is 0. The number of carbonyl (C=O) groups is 1. The van der Waals surface area contributed by atoms with Gasteiger partial charge in [0, 0.05) is 6.54 Å². The van der Waals surface area contributed by atoms with E-state index >= 15 is 0 Å². The van der Waals surface area contributed by atoms with Crippen LogP contribution in [0.15, 0.2) is 0 Å².